The topological polar surface area (TPSA) is 66.4 Å². The van der Waals surface area contributed by atoms with Crippen LogP contribution in [0.25, 0.3) is 0 Å². The molecule has 0 aliphatic heterocycles. The Morgan fingerprint density at radius 2 is 2.08 bits per heavy atom. The predicted molar refractivity (Wildman–Crippen MR) is 38.3 cm³/mol. The van der Waals surface area contributed by atoms with Crippen LogP contribution in [0, 0.1) is 0 Å². The number of ether oxygens (including phenoxy) is 1. The van der Waals surface area contributed by atoms with Crippen LogP contribution in [0.5, 0.6) is 0 Å². The van der Waals surface area contributed by atoms with Gasteiger partial charge in [-0.2, -0.15) is 0 Å². The first-order valence-corrected chi connectivity index (χ1v) is 4.71. The summed E-state index contributed by atoms with van der Waals surface area (Å²) >= 11 is 0. The number of carbonyl (C=O) groups excluding carboxylic acids is 1. The van der Waals surface area contributed by atoms with E-state index in [0.29, 0.717) is 19.3 Å². The van der Waals surface area contributed by atoms with Crippen LogP contribution in [-0.2, 0) is 14.1 Å². The van der Waals surface area contributed by atoms with Gasteiger partial charge < -0.3 is 9.63 Å². The molecule has 0 aromatic rings. The maximum absolute atomic E-state index is 10.5. The number of hydrogen-bond acceptors (Lipinski definition) is 4. The van der Waals surface area contributed by atoms with E-state index in [1.165, 1.54) is 7.11 Å². The number of methoxy groups -OCH3 is 1. The van der Waals surface area contributed by atoms with Crippen LogP contribution in [0.3, 0.4) is 0 Å². The van der Waals surface area contributed by atoms with Crippen molar-refractivity contribution in [3.8, 4) is 0 Å². The molecular formula is C6H11NaO4P+. The first kappa shape index (κ1) is 15.0. The molecule has 0 aromatic carbocycles. The molecule has 0 rings (SSSR count). The van der Waals surface area contributed by atoms with Gasteiger partial charge in [-0.05, 0) is 12.8 Å². The molecule has 0 radical (unpaired) electrons. The van der Waals surface area contributed by atoms with Crippen LogP contribution in [0.4, 0.5) is 0 Å². The number of hydrogen-bond donors (Lipinski definition) is 0. The molecule has 64 valence electrons. The third-order valence-corrected chi connectivity index (χ3v) is 1.88. The predicted octanol–water partition coefficient (Wildman–Crippen LogP) is -2.56. The zero-order valence-corrected chi connectivity index (χ0v) is 10.3. The van der Waals surface area contributed by atoms with E-state index < -0.39 is 8.03 Å². The van der Waals surface area contributed by atoms with Crippen LogP contribution in [0.15, 0.2) is 0 Å². The summed E-state index contributed by atoms with van der Waals surface area (Å²) in [5.41, 5.74) is 0. The van der Waals surface area contributed by atoms with E-state index in [2.05, 4.69) is 4.74 Å². The average molecular weight is 201 g/mol. The van der Waals surface area contributed by atoms with E-state index in [1.54, 1.807) is 0 Å². The first-order valence-electron chi connectivity index (χ1n) is 3.35. The molecule has 12 heavy (non-hydrogen) atoms. The van der Waals surface area contributed by atoms with Crippen molar-refractivity contribution in [3.05, 3.63) is 0 Å². The molecule has 0 aliphatic carbocycles. The Bertz CT molecular complexity index is 150. The van der Waals surface area contributed by atoms with E-state index >= 15 is 0 Å². The van der Waals surface area contributed by atoms with Crippen molar-refractivity contribution in [3.63, 3.8) is 0 Å². The maximum Gasteiger partial charge on any atom is 1.00 e. The summed E-state index contributed by atoms with van der Waals surface area (Å²) in [7, 11) is -0.972. The van der Waals surface area contributed by atoms with E-state index in [9.17, 15) is 14.3 Å². The van der Waals surface area contributed by atoms with Gasteiger partial charge in [-0.3, -0.25) is 4.79 Å². The second kappa shape index (κ2) is 9.62. The summed E-state index contributed by atoms with van der Waals surface area (Å²) < 4.78 is 14.4. The smallest absolute Gasteiger partial charge is 0.596 e. The molecule has 0 N–H and O–H groups in total. The minimum Gasteiger partial charge on any atom is -0.596 e. The molecule has 0 aromatic heterocycles. The van der Waals surface area contributed by atoms with Gasteiger partial charge in [0.25, 0.3) is 0 Å². The van der Waals surface area contributed by atoms with Crippen molar-refractivity contribution in [2.24, 2.45) is 0 Å². The Hall–Kier alpha value is 0.530. The monoisotopic (exact) mass is 201 g/mol. The Labute approximate surface area is 94.8 Å². The fourth-order valence-corrected chi connectivity index (χ4v) is 1.09. The second-order valence-electron chi connectivity index (χ2n) is 2.09. The van der Waals surface area contributed by atoms with Crippen LogP contribution in [-0.4, -0.2) is 19.2 Å². The first-order chi connectivity index (χ1) is 5.16. The molecule has 0 heterocycles. The minimum atomic E-state index is -2.29. The number of carbonyl (C=O) groups is 1. The zero-order chi connectivity index (χ0) is 8.69. The van der Waals surface area contributed by atoms with Gasteiger partial charge >= 0.3 is 43.6 Å². The molecule has 0 fully saturated rings. The van der Waals surface area contributed by atoms with E-state index in [4.69, 9.17) is 0 Å². The third kappa shape index (κ3) is 10.5. The van der Waals surface area contributed by atoms with Crippen molar-refractivity contribution in [2.45, 2.75) is 19.3 Å². The Balaban J connectivity index is 0. The largest absolute Gasteiger partial charge is 1.00 e. The summed E-state index contributed by atoms with van der Waals surface area (Å²) in [5, 5.41) is 0. The molecule has 0 spiro atoms. The molecule has 6 heteroatoms. The van der Waals surface area contributed by atoms with E-state index in [-0.39, 0.29) is 41.7 Å². The van der Waals surface area contributed by atoms with Gasteiger partial charge in [0.05, 0.1) is 7.11 Å². The molecule has 0 saturated heterocycles. The van der Waals surface area contributed by atoms with E-state index in [1.807, 2.05) is 0 Å². The van der Waals surface area contributed by atoms with Gasteiger partial charge in [0.15, 0.2) is 0 Å². The quantitative estimate of drug-likeness (QED) is 0.212. The fraction of sp³-hybridized carbons (Fsp3) is 0.833. The van der Waals surface area contributed by atoms with E-state index in [0.717, 1.165) is 0 Å². The molecular weight excluding hydrogens is 190 g/mol. The van der Waals surface area contributed by atoms with Gasteiger partial charge in [0.1, 0.15) is 6.16 Å². The SMILES string of the molecule is COC(=O)CCCC[P+](=O)[O-].[Na+]. The molecule has 1 unspecified atom stereocenters. The molecule has 0 saturated carbocycles. The van der Waals surface area contributed by atoms with Crippen molar-refractivity contribution in [2.75, 3.05) is 13.3 Å². The number of rotatable bonds is 5. The molecule has 1 atom stereocenters. The molecule has 0 bridgehead atoms. The zero-order valence-electron chi connectivity index (χ0n) is 7.41. The second-order valence-corrected chi connectivity index (χ2v) is 3.20. The molecule has 0 aliphatic rings. The summed E-state index contributed by atoms with van der Waals surface area (Å²) in [6, 6.07) is 0. The third-order valence-electron chi connectivity index (χ3n) is 1.20. The van der Waals surface area contributed by atoms with Crippen LogP contribution in [0.2, 0.25) is 0 Å². The number of unbranched alkanes of at least 4 members (excludes halogenated alkanes) is 1. The van der Waals surface area contributed by atoms with Gasteiger partial charge in [-0.15, -0.1) is 0 Å². The maximum atomic E-state index is 10.5. The fourth-order valence-electron chi connectivity index (χ4n) is 0.612. The summed E-state index contributed by atoms with van der Waals surface area (Å²) in [6.45, 7) is 0. The average Bonchev–Trinajstić information content (AvgIpc) is 1.97. The molecule has 0 amide bonds. The van der Waals surface area contributed by atoms with Gasteiger partial charge in [-0.25, -0.2) is 0 Å². The number of esters is 1. The van der Waals surface area contributed by atoms with Gasteiger partial charge in [-0.1, -0.05) is 4.57 Å². The standard InChI is InChI=1S/C6H11O4P.Na/c1-10-6(7)4-2-3-5-11(8)9;/h2-5H2,1H3;/q;+1. The summed E-state index contributed by atoms with van der Waals surface area (Å²) in [5.74, 6) is -0.286. The minimum absolute atomic E-state index is 0. The van der Waals surface area contributed by atoms with Crippen LogP contribution in [0.1, 0.15) is 19.3 Å². The van der Waals surface area contributed by atoms with Gasteiger partial charge in [0, 0.05) is 6.42 Å². The Kier molecular flexibility index (Phi) is 12.0. The van der Waals surface area contributed by atoms with Gasteiger partial charge in [0.2, 0.25) is 0 Å². The van der Waals surface area contributed by atoms with Crippen molar-refractivity contribution in [1.29, 1.82) is 0 Å². The Morgan fingerprint density at radius 1 is 1.50 bits per heavy atom. The summed E-state index contributed by atoms with van der Waals surface area (Å²) in [4.78, 5) is 20.5. The van der Waals surface area contributed by atoms with Crippen molar-refractivity contribution in [1.82, 2.24) is 0 Å². The van der Waals surface area contributed by atoms with Crippen molar-refractivity contribution < 1.29 is 48.5 Å². The normalized spacial score (nSPS) is 10.0. The summed E-state index contributed by atoms with van der Waals surface area (Å²) in [6.07, 6.45) is 1.58. The molecule has 4 nitrogen and oxygen atoms in total. The van der Waals surface area contributed by atoms with Crippen molar-refractivity contribution >= 4 is 14.0 Å². The van der Waals surface area contributed by atoms with Crippen LogP contribution < -0.4 is 34.5 Å². The van der Waals surface area contributed by atoms with Crippen LogP contribution >= 0.6 is 8.03 Å². The Morgan fingerprint density at radius 3 is 2.50 bits per heavy atom.